The molecular formula is C11H11BrClFO2S. The minimum absolute atomic E-state index is 0.0159. The number of rotatable bonds is 2. The highest BCUT2D eigenvalue weighted by atomic mass is 79.9. The Morgan fingerprint density at radius 2 is 2.12 bits per heavy atom. The average Bonchev–Trinajstić information content (AvgIpc) is 2.56. The van der Waals surface area contributed by atoms with Crippen LogP contribution in [0, 0.1) is 11.7 Å². The minimum Gasteiger partial charge on any atom is -0.229 e. The summed E-state index contributed by atoms with van der Waals surface area (Å²) in [6.45, 7) is 0. The zero-order chi connectivity index (χ0) is 12.6. The average molecular weight is 342 g/mol. The van der Waals surface area contributed by atoms with Gasteiger partial charge in [0.2, 0.25) is 0 Å². The second-order valence-corrected chi connectivity index (χ2v) is 7.92. The Labute approximate surface area is 113 Å². The van der Waals surface area contributed by atoms with Crippen molar-refractivity contribution in [1.29, 1.82) is 0 Å². The summed E-state index contributed by atoms with van der Waals surface area (Å²) in [5, 5.41) is 0.324. The van der Waals surface area contributed by atoms with Gasteiger partial charge in [-0.2, -0.15) is 0 Å². The highest BCUT2D eigenvalue weighted by Gasteiger charge is 2.33. The summed E-state index contributed by atoms with van der Waals surface area (Å²) < 4.78 is 36.0. The first-order valence-corrected chi connectivity index (χ1v) is 8.29. The molecule has 1 heterocycles. The summed E-state index contributed by atoms with van der Waals surface area (Å²) in [6, 6.07) is 4.28. The molecule has 1 aromatic carbocycles. The molecule has 2 atom stereocenters. The van der Waals surface area contributed by atoms with E-state index in [1.807, 2.05) is 0 Å². The Bertz CT molecular complexity index is 512. The van der Waals surface area contributed by atoms with Gasteiger partial charge in [0, 0.05) is 9.85 Å². The first kappa shape index (κ1) is 13.3. The van der Waals surface area contributed by atoms with Crippen molar-refractivity contribution in [2.75, 3.05) is 11.5 Å². The lowest BCUT2D eigenvalue weighted by Crippen LogP contribution is -2.10. The number of hydrogen-bond donors (Lipinski definition) is 0. The first-order valence-electron chi connectivity index (χ1n) is 5.18. The van der Waals surface area contributed by atoms with Crippen LogP contribution in [0.5, 0.6) is 0 Å². The Kier molecular flexibility index (Phi) is 3.80. The maximum Gasteiger partial charge on any atom is 0.150 e. The SMILES string of the molecule is O=S1(=O)CCC(C(Br)c2cc(F)cc(Cl)c2)C1. The maximum absolute atomic E-state index is 13.2. The van der Waals surface area contributed by atoms with E-state index in [-0.39, 0.29) is 22.3 Å². The fraction of sp³-hybridized carbons (Fsp3) is 0.455. The van der Waals surface area contributed by atoms with E-state index in [1.54, 1.807) is 6.07 Å². The highest BCUT2D eigenvalue weighted by Crippen LogP contribution is 2.38. The van der Waals surface area contributed by atoms with Crippen molar-refractivity contribution in [2.24, 2.45) is 5.92 Å². The van der Waals surface area contributed by atoms with E-state index in [4.69, 9.17) is 11.6 Å². The predicted octanol–water partition coefficient (Wildman–Crippen LogP) is 3.35. The van der Waals surface area contributed by atoms with Crippen LogP contribution in [0.25, 0.3) is 0 Å². The van der Waals surface area contributed by atoms with Crippen LogP contribution in [-0.2, 0) is 9.84 Å². The van der Waals surface area contributed by atoms with Crippen LogP contribution >= 0.6 is 27.5 Å². The molecule has 17 heavy (non-hydrogen) atoms. The van der Waals surface area contributed by atoms with Crippen LogP contribution in [0.1, 0.15) is 16.8 Å². The van der Waals surface area contributed by atoms with E-state index in [0.717, 1.165) is 0 Å². The summed E-state index contributed by atoms with van der Waals surface area (Å²) in [7, 11) is -2.93. The van der Waals surface area contributed by atoms with Gasteiger partial charge in [0.15, 0.2) is 9.84 Å². The quantitative estimate of drug-likeness (QED) is 0.773. The zero-order valence-corrected chi connectivity index (χ0v) is 12.0. The monoisotopic (exact) mass is 340 g/mol. The summed E-state index contributed by atoms with van der Waals surface area (Å²) in [6.07, 6.45) is 0.604. The first-order chi connectivity index (χ1) is 7.87. The third kappa shape index (κ3) is 3.20. The molecule has 0 aromatic heterocycles. The van der Waals surface area contributed by atoms with Crippen molar-refractivity contribution in [3.8, 4) is 0 Å². The Hall–Kier alpha value is -0.130. The van der Waals surface area contributed by atoms with Gasteiger partial charge in [-0.15, -0.1) is 0 Å². The minimum atomic E-state index is -2.93. The van der Waals surface area contributed by atoms with Gasteiger partial charge in [0.05, 0.1) is 11.5 Å². The number of hydrogen-bond acceptors (Lipinski definition) is 2. The molecule has 1 aromatic rings. The molecule has 0 bridgehead atoms. The Morgan fingerprint density at radius 3 is 2.65 bits per heavy atom. The number of benzene rings is 1. The summed E-state index contributed by atoms with van der Waals surface area (Å²) >= 11 is 9.22. The van der Waals surface area contributed by atoms with Crippen molar-refractivity contribution in [1.82, 2.24) is 0 Å². The molecule has 0 spiro atoms. The fourth-order valence-corrected chi connectivity index (χ4v) is 5.09. The van der Waals surface area contributed by atoms with Gasteiger partial charge in [-0.25, -0.2) is 12.8 Å². The van der Waals surface area contributed by atoms with Crippen molar-refractivity contribution in [2.45, 2.75) is 11.2 Å². The van der Waals surface area contributed by atoms with E-state index in [9.17, 15) is 12.8 Å². The van der Waals surface area contributed by atoms with Gasteiger partial charge in [0.1, 0.15) is 5.82 Å². The second-order valence-electron chi connectivity index (χ2n) is 4.27. The zero-order valence-electron chi connectivity index (χ0n) is 8.87. The summed E-state index contributed by atoms with van der Waals surface area (Å²) in [5.74, 6) is -0.0597. The van der Waals surface area contributed by atoms with E-state index in [0.29, 0.717) is 17.0 Å². The molecule has 2 rings (SSSR count). The van der Waals surface area contributed by atoms with Crippen LogP contribution < -0.4 is 0 Å². The van der Waals surface area contributed by atoms with Crippen LogP contribution in [0.3, 0.4) is 0 Å². The van der Waals surface area contributed by atoms with Crippen molar-refractivity contribution >= 4 is 37.4 Å². The molecule has 0 radical (unpaired) electrons. The molecular weight excluding hydrogens is 331 g/mol. The van der Waals surface area contributed by atoms with Gasteiger partial charge in [-0.05, 0) is 36.1 Å². The van der Waals surface area contributed by atoms with Crippen molar-refractivity contribution in [3.05, 3.63) is 34.6 Å². The predicted molar refractivity (Wildman–Crippen MR) is 69.8 cm³/mol. The molecule has 6 heteroatoms. The largest absolute Gasteiger partial charge is 0.229 e. The molecule has 1 saturated heterocycles. The molecule has 1 aliphatic heterocycles. The van der Waals surface area contributed by atoms with Gasteiger partial charge in [-0.3, -0.25) is 0 Å². The smallest absolute Gasteiger partial charge is 0.150 e. The standard InChI is InChI=1S/C11H11BrClFO2S/c12-11(7-1-2-17(15,16)6-7)8-3-9(13)5-10(14)4-8/h3-5,7,11H,1-2,6H2. The van der Waals surface area contributed by atoms with Gasteiger partial charge >= 0.3 is 0 Å². The van der Waals surface area contributed by atoms with E-state index in [2.05, 4.69) is 15.9 Å². The summed E-state index contributed by atoms with van der Waals surface area (Å²) in [5.41, 5.74) is 0.692. The molecule has 2 nitrogen and oxygen atoms in total. The Balaban J connectivity index is 2.23. The van der Waals surface area contributed by atoms with Crippen molar-refractivity contribution in [3.63, 3.8) is 0 Å². The van der Waals surface area contributed by atoms with E-state index >= 15 is 0 Å². The lowest BCUT2D eigenvalue weighted by Gasteiger charge is -2.16. The van der Waals surface area contributed by atoms with Crippen LogP contribution in [0.4, 0.5) is 4.39 Å². The van der Waals surface area contributed by atoms with E-state index < -0.39 is 15.7 Å². The van der Waals surface area contributed by atoms with E-state index in [1.165, 1.54) is 12.1 Å². The molecule has 1 fully saturated rings. The molecule has 1 aliphatic rings. The molecule has 0 amide bonds. The number of alkyl halides is 1. The second kappa shape index (κ2) is 4.86. The van der Waals surface area contributed by atoms with Gasteiger partial charge in [0.25, 0.3) is 0 Å². The molecule has 0 aliphatic carbocycles. The maximum atomic E-state index is 13.2. The van der Waals surface area contributed by atoms with Crippen molar-refractivity contribution < 1.29 is 12.8 Å². The topological polar surface area (TPSA) is 34.1 Å². The van der Waals surface area contributed by atoms with Gasteiger partial charge in [-0.1, -0.05) is 27.5 Å². The molecule has 2 unspecified atom stereocenters. The third-order valence-electron chi connectivity index (χ3n) is 2.88. The molecule has 0 saturated carbocycles. The van der Waals surface area contributed by atoms with Crippen LogP contribution in [0.15, 0.2) is 18.2 Å². The lowest BCUT2D eigenvalue weighted by molar-refractivity contribution is 0.574. The number of sulfone groups is 1. The normalized spacial score (nSPS) is 24.8. The fourth-order valence-electron chi connectivity index (χ4n) is 2.06. The van der Waals surface area contributed by atoms with Gasteiger partial charge < -0.3 is 0 Å². The highest BCUT2D eigenvalue weighted by molar-refractivity contribution is 9.09. The summed E-state index contributed by atoms with van der Waals surface area (Å²) in [4.78, 5) is -0.173. The number of halogens is 3. The molecule has 0 N–H and O–H groups in total. The lowest BCUT2D eigenvalue weighted by atomic mass is 9.99. The molecule has 94 valence electrons. The van der Waals surface area contributed by atoms with Crippen LogP contribution in [0.2, 0.25) is 5.02 Å². The Morgan fingerprint density at radius 1 is 1.41 bits per heavy atom. The van der Waals surface area contributed by atoms with Crippen LogP contribution in [-0.4, -0.2) is 19.9 Å². The third-order valence-corrected chi connectivity index (χ3v) is 6.17.